The lowest BCUT2D eigenvalue weighted by molar-refractivity contribution is 0.641. The van der Waals surface area contributed by atoms with Gasteiger partial charge in [-0.3, -0.25) is 0 Å². The largest absolute Gasteiger partial charge is 0.316 e. The fourth-order valence-corrected chi connectivity index (χ4v) is 1.54. The van der Waals surface area contributed by atoms with Gasteiger partial charge in [0.15, 0.2) is 0 Å². The minimum Gasteiger partial charge on any atom is -0.316 e. The van der Waals surface area contributed by atoms with E-state index in [4.69, 9.17) is 11.6 Å². The Labute approximate surface area is 91.5 Å². The number of nitrogens with one attached hydrogen (secondary N) is 1. The highest BCUT2D eigenvalue weighted by molar-refractivity contribution is 6.17. The van der Waals surface area contributed by atoms with Crippen molar-refractivity contribution in [2.75, 3.05) is 19.0 Å². The number of rotatable bonds is 7. The van der Waals surface area contributed by atoms with Crippen molar-refractivity contribution in [3.63, 3.8) is 0 Å². The van der Waals surface area contributed by atoms with Crippen LogP contribution in [0.2, 0.25) is 0 Å². The summed E-state index contributed by atoms with van der Waals surface area (Å²) in [6, 6.07) is 10.6. The van der Waals surface area contributed by atoms with Gasteiger partial charge in [-0.15, -0.1) is 11.6 Å². The SMILES string of the molecule is ClCCCCNCCc1ccccc1. The predicted molar refractivity (Wildman–Crippen MR) is 63.0 cm³/mol. The third-order valence-corrected chi connectivity index (χ3v) is 2.44. The Balaban J connectivity index is 1.99. The van der Waals surface area contributed by atoms with Crippen LogP contribution in [-0.4, -0.2) is 19.0 Å². The molecule has 1 N–H and O–H groups in total. The van der Waals surface area contributed by atoms with Gasteiger partial charge < -0.3 is 5.32 Å². The molecule has 1 aromatic rings. The van der Waals surface area contributed by atoms with E-state index in [-0.39, 0.29) is 0 Å². The van der Waals surface area contributed by atoms with Crippen LogP contribution in [0.15, 0.2) is 30.3 Å². The van der Waals surface area contributed by atoms with Crippen LogP contribution in [-0.2, 0) is 6.42 Å². The number of alkyl halides is 1. The lowest BCUT2D eigenvalue weighted by atomic mass is 10.1. The van der Waals surface area contributed by atoms with E-state index in [1.807, 2.05) is 0 Å². The van der Waals surface area contributed by atoms with Gasteiger partial charge in [0.2, 0.25) is 0 Å². The van der Waals surface area contributed by atoms with Gasteiger partial charge in [0, 0.05) is 5.88 Å². The average Bonchev–Trinajstić information content (AvgIpc) is 2.25. The smallest absolute Gasteiger partial charge is 0.0223 e. The minimum atomic E-state index is 0.778. The number of hydrogen-bond donors (Lipinski definition) is 1. The second kappa shape index (κ2) is 7.84. The second-order valence-electron chi connectivity index (χ2n) is 3.38. The highest BCUT2D eigenvalue weighted by Crippen LogP contribution is 1.98. The van der Waals surface area contributed by atoms with Crippen LogP contribution in [0, 0.1) is 0 Å². The van der Waals surface area contributed by atoms with Crippen LogP contribution in [0.4, 0.5) is 0 Å². The zero-order chi connectivity index (χ0) is 10.1. The first-order valence-electron chi connectivity index (χ1n) is 5.24. The first-order valence-corrected chi connectivity index (χ1v) is 5.77. The molecule has 0 saturated heterocycles. The molecule has 0 aromatic heterocycles. The van der Waals surface area contributed by atoms with Crippen LogP contribution >= 0.6 is 11.6 Å². The van der Waals surface area contributed by atoms with Crippen LogP contribution in [0.1, 0.15) is 18.4 Å². The summed E-state index contributed by atoms with van der Waals surface area (Å²) in [6.07, 6.45) is 3.40. The molecule has 0 fully saturated rings. The van der Waals surface area contributed by atoms with Gasteiger partial charge in [0.1, 0.15) is 0 Å². The fraction of sp³-hybridized carbons (Fsp3) is 0.500. The molecular weight excluding hydrogens is 194 g/mol. The molecular formula is C12H18ClN. The summed E-state index contributed by atoms with van der Waals surface area (Å²) >= 11 is 5.58. The molecule has 0 spiro atoms. The zero-order valence-corrected chi connectivity index (χ0v) is 9.26. The van der Waals surface area contributed by atoms with Gasteiger partial charge in [0.25, 0.3) is 0 Å². The van der Waals surface area contributed by atoms with Crippen molar-refractivity contribution < 1.29 is 0 Å². The molecule has 0 aliphatic carbocycles. The molecule has 1 nitrogen and oxygen atoms in total. The molecule has 0 atom stereocenters. The summed E-state index contributed by atoms with van der Waals surface area (Å²) in [5.41, 5.74) is 1.40. The maximum absolute atomic E-state index is 5.58. The molecule has 0 saturated carbocycles. The van der Waals surface area contributed by atoms with Gasteiger partial charge in [-0.2, -0.15) is 0 Å². The van der Waals surface area contributed by atoms with Crippen LogP contribution in [0.3, 0.4) is 0 Å². The summed E-state index contributed by atoms with van der Waals surface area (Å²) in [6.45, 7) is 2.14. The molecule has 0 aliphatic rings. The lowest BCUT2D eigenvalue weighted by Crippen LogP contribution is -2.18. The van der Waals surface area contributed by atoms with Crippen molar-refractivity contribution in [1.82, 2.24) is 5.32 Å². The Morgan fingerprint density at radius 1 is 1.00 bits per heavy atom. The standard InChI is InChI=1S/C12H18ClN/c13-9-4-5-10-14-11-8-12-6-2-1-3-7-12/h1-3,6-7,14H,4-5,8-11H2. The van der Waals surface area contributed by atoms with E-state index in [2.05, 4.69) is 35.6 Å². The normalized spacial score (nSPS) is 10.4. The van der Waals surface area contributed by atoms with Gasteiger partial charge in [0.05, 0.1) is 0 Å². The zero-order valence-electron chi connectivity index (χ0n) is 8.51. The van der Waals surface area contributed by atoms with Crippen molar-refractivity contribution in [3.8, 4) is 0 Å². The highest BCUT2D eigenvalue weighted by atomic mass is 35.5. The maximum atomic E-state index is 5.58. The fourth-order valence-electron chi connectivity index (χ4n) is 1.35. The molecule has 2 heteroatoms. The Hall–Kier alpha value is -0.530. The molecule has 1 aromatic carbocycles. The van der Waals surface area contributed by atoms with E-state index < -0.39 is 0 Å². The average molecular weight is 212 g/mol. The molecule has 0 radical (unpaired) electrons. The quantitative estimate of drug-likeness (QED) is 0.540. The van der Waals surface area contributed by atoms with Crippen molar-refractivity contribution in [2.24, 2.45) is 0 Å². The highest BCUT2D eigenvalue weighted by Gasteiger charge is 1.91. The molecule has 0 heterocycles. The van der Waals surface area contributed by atoms with Crippen LogP contribution in [0.25, 0.3) is 0 Å². The molecule has 78 valence electrons. The van der Waals surface area contributed by atoms with Crippen molar-refractivity contribution >= 4 is 11.6 Å². The Kier molecular flexibility index (Phi) is 6.46. The van der Waals surface area contributed by atoms with Crippen molar-refractivity contribution in [3.05, 3.63) is 35.9 Å². The predicted octanol–water partition coefficient (Wildman–Crippen LogP) is 2.84. The summed E-state index contributed by atoms with van der Waals surface area (Å²) < 4.78 is 0. The molecule has 0 bridgehead atoms. The summed E-state index contributed by atoms with van der Waals surface area (Å²) in [5.74, 6) is 0.778. The van der Waals surface area contributed by atoms with E-state index in [1.165, 1.54) is 12.0 Å². The molecule has 1 rings (SSSR count). The Bertz CT molecular complexity index is 223. The third-order valence-electron chi connectivity index (χ3n) is 2.17. The van der Waals surface area contributed by atoms with Gasteiger partial charge in [-0.25, -0.2) is 0 Å². The Morgan fingerprint density at radius 2 is 1.79 bits per heavy atom. The molecule has 14 heavy (non-hydrogen) atoms. The molecule has 0 aliphatic heterocycles. The van der Waals surface area contributed by atoms with Crippen molar-refractivity contribution in [1.29, 1.82) is 0 Å². The topological polar surface area (TPSA) is 12.0 Å². The lowest BCUT2D eigenvalue weighted by Gasteiger charge is -2.03. The molecule has 0 unspecified atom stereocenters. The summed E-state index contributed by atoms with van der Waals surface area (Å²) in [5, 5.41) is 3.41. The Morgan fingerprint density at radius 3 is 2.50 bits per heavy atom. The second-order valence-corrected chi connectivity index (χ2v) is 3.76. The first kappa shape index (κ1) is 11.5. The minimum absolute atomic E-state index is 0.778. The molecule has 0 amide bonds. The number of hydrogen-bond acceptors (Lipinski definition) is 1. The van der Waals surface area contributed by atoms with Gasteiger partial charge in [-0.1, -0.05) is 30.3 Å². The number of unbranched alkanes of at least 4 members (excludes halogenated alkanes) is 1. The number of benzene rings is 1. The van der Waals surface area contributed by atoms with Gasteiger partial charge >= 0.3 is 0 Å². The monoisotopic (exact) mass is 211 g/mol. The third kappa shape index (κ3) is 5.25. The maximum Gasteiger partial charge on any atom is 0.0223 e. The van der Waals surface area contributed by atoms with E-state index in [0.717, 1.165) is 31.8 Å². The number of halogens is 1. The van der Waals surface area contributed by atoms with Crippen LogP contribution < -0.4 is 5.32 Å². The van der Waals surface area contributed by atoms with E-state index in [1.54, 1.807) is 0 Å². The van der Waals surface area contributed by atoms with E-state index in [9.17, 15) is 0 Å². The van der Waals surface area contributed by atoms with Gasteiger partial charge in [-0.05, 0) is 37.9 Å². The van der Waals surface area contributed by atoms with Crippen LogP contribution in [0.5, 0.6) is 0 Å². The van der Waals surface area contributed by atoms with E-state index in [0.29, 0.717) is 0 Å². The van der Waals surface area contributed by atoms with E-state index >= 15 is 0 Å². The van der Waals surface area contributed by atoms with Crippen molar-refractivity contribution in [2.45, 2.75) is 19.3 Å². The summed E-state index contributed by atoms with van der Waals surface area (Å²) in [4.78, 5) is 0. The first-order chi connectivity index (χ1) is 6.93. The summed E-state index contributed by atoms with van der Waals surface area (Å²) in [7, 11) is 0.